The van der Waals surface area contributed by atoms with Crippen molar-refractivity contribution in [2.24, 2.45) is 5.73 Å². The summed E-state index contributed by atoms with van der Waals surface area (Å²) < 4.78 is 10.9. The molecule has 73 valence electrons. The van der Waals surface area contributed by atoms with Crippen molar-refractivity contribution in [2.75, 3.05) is 13.2 Å². The zero-order valence-electron chi connectivity index (χ0n) is 8.30. The average Bonchev–Trinajstić information content (AvgIpc) is 2.05. The minimum absolute atomic E-state index is 0.233. The lowest BCUT2D eigenvalue weighted by atomic mass is 10.3. The molecular weight excluding hydrogens is 170 g/mol. The zero-order valence-corrected chi connectivity index (χ0v) is 9.30. The Bertz CT molecular complexity index is 97.1. The van der Waals surface area contributed by atoms with Crippen LogP contribution in [0.5, 0.6) is 0 Å². The molecule has 0 amide bonds. The van der Waals surface area contributed by atoms with Crippen LogP contribution < -0.4 is 5.73 Å². The van der Waals surface area contributed by atoms with E-state index in [9.17, 15) is 0 Å². The van der Waals surface area contributed by atoms with Crippen LogP contribution in [-0.4, -0.2) is 28.5 Å². The summed E-state index contributed by atoms with van der Waals surface area (Å²) in [6, 6.07) is 1.13. The van der Waals surface area contributed by atoms with E-state index >= 15 is 0 Å². The van der Waals surface area contributed by atoms with Crippen LogP contribution >= 0.6 is 0 Å². The monoisotopic (exact) mass is 190 g/mol. The Labute approximate surface area is 77.1 Å². The second-order valence-corrected chi connectivity index (χ2v) is 4.34. The molecule has 0 aliphatic rings. The van der Waals surface area contributed by atoms with Crippen LogP contribution in [0.2, 0.25) is 6.04 Å². The molecule has 0 heterocycles. The Balaban J connectivity index is 3.61. The fraction of sp³-hybridized carbons (Fsp3) is 1.00. The average molecular weight is 190 g/mol. The van der Waals surface area contributed by atoms with Crippen molar-refractivity contribution in [3.63, 3.8) is 0 Å². The van der Waals surface area contributed by atoms with Crippen molar-refractivity contribution in [3.05, 3.63) is 0 Å². The van der Waals surface area contributed by atoms with E-state index in [2.05, 4.69) is 6.92 Å². The van der Waals surface area contributed by atoms with Gasteiger partial charge in [0.15, 0.2) is 0 Å². The third-order valence-electron chi connectivity index (χ3n) is 1.56. The van der Waals surface area contributed by atoms with E-state index in [1.807, 2.05) is 13.8 Å². The maximum atomic E-state index is 5.80. The van der Waals surface area contributed by atoms with Crippen molar-refractivity contribution < 1.29 is 8.85 Å². The maximum absolute atomic E-state index is 5.80. The maximum Gasteiger partial charge on any atom is 0.386 e. The fourth-order valence-corrected chi connectivity index (χ4v) is 2.52. The van der Waals surface area contributed by atoms with Gasteiger partial charge in [0, 0.05) is 25.3 Å². The lowest BCUT2D eigenvalue weighted by molar-refractivity contribution is 0.211. The molecule has 0 saturated carbocycles. The molecule has 12 heavy (non-hydrogen) atoms. The van der Waals surface area contributed by atoms with Gasteiger partial charge in [-0.1, -0.05) is 6.92 Å². The van der Waals surface area contributed by atoms with E-state index in [4.69, 9.17) is 14.6 Å². The molecule has 1 atom stereocenters. The van der Waals surface area contributed by atoms with Gasteiger partial charge in [-0.2, -0.15) is 0 Å². The molecule has 2 N–H and O–H groups in total. The van der Waals surface area contributed by atoms with Crippen LogP contribution in [0, 0.1) is 0 Å². The topological polar surface area (TPSA) is 44.5 Å². The SMILES string of the molecule is CCO[Si](CC(N)CC)OCC. The van der Waals surface area contributed by atoms with Crippen molar-refractivity contribution in [1.29, 1.82) is 0 Å². The highest BCUT2D eigenvalue weighted by atomic mass is 28.3. The van der Waals surface area contributed by atoms with Crippen LogP contribution in [0.4, 0.5) is 0 Å². The van der Waals surface area contributed by atoms with Gasteiger partial charge in [-0.25, -0.2) is 0 Å². The second kappa shape index (κ2) is 7.73. The molecule has 0 saturated heterocycles. The van der Waals surface area contributed by atoms with Gasteiger partial charge in [0.05, 0.1) is 0 Å². The largest absolute Gasteiger partial charge is 0.394 e. The molecule has 1 radical (unpaired) electrons. The Morgan fingerprint density at radius 2 is 1.67 bits per heavy atom. The summed E-state index contributed by atoms with van der Waals surface area (Å²) in [6.45, 7) is 7.51. The fourth-order valence-electron chi connectivity index (χ4n) is 0.840. The van der Waals surface area contributed by atoms with E-state index in [1.165, 1.54) is 0 Å². The summed E-state index contributed by atoms with van der Waals surface area (Å²) in [5, 5.41) is 0. The normalized spacial score (nSPS) is 13.8. The number of nitrogens with two attached hydrogens (primary N) is 1. The van der Waals surface area contributed by atoms with Gasteiger partial charge in [0.25, 0.3) is 0 Å². The lowest BCUT2D eigenvalue weighted by Gasteiger charge is -2.16. The molecule has 4 heteroatoms. The third-order valence-corrected chi connectivity index (χ3v) is 3.64. The van der Waals surface area contributed by atoms with Gasteiger partial charge >= 0.3 is 9.28 Å². The minimum atomic E-state index is -1.08. The highest BCUT2D eigenvalue weighted by molar-refractivity contribution is 6.44. The van der Waals surface area contributed by atoms with Crippen LogP contribution in [-0.2, 0) is 8.85 Å². The molecule has 0 rings (SSSR count). The van der Waals surface area contributed by atoms with Crippen molar-refractivity contribution in [2.45, 2.75) is 39.3 Å². The summed E-state index contributed by atoms with van der Waals surface area (Å²) in [5.41, 5.74) is 5.80. The third kappa shape index (κ3) is 5.71. The summed E-state index contributed by atoms with van der Waals surface area (Å²) in [7, 11) is -1.08. The summed E-state index contributed by atoms with van der Waals surface area (Å²) in [5.74, 6) is 0. The molecule has 0 fully saturated rings. The van der Waals surface area contributed by atoms with Crippen molar-refractivity contribution in [3.8, 4) is 0 Å². The van der Waals surface area contributed by atoms with Crippen LogP contribution in [0.1, 0.15) is 27.2 Å². The molecule has 0 aromatic heterocycles. The van der Waals surface area contributed by atoms with Gasteiger partial charge in [-0.05, 0) is 20.3 Å². The van der Waals surface area contributed by atoms with Crippen LogP contribution in [0.3, 0.4) is 0 Å². The predicted molar refractivity (Wildman–Crippen MR) is 52.1 cm³/mol. The Kier molecular flexibility index (Phi) is 7.79. The summed E-state index contributed by atoms with van der Waals surface area (Å²) in [4.78, 5) is 0. The molecule has 0 bridgehead atoms. The molecule has 1 unspecified atom stereocenters. The molecule has 3 nitrogen and oxygen atoms in total. The molecule has 0 spiro atoms. The molecule has 0 aliphatic carbocycles. The Hall–Kier alpha value is 0.0969. The first-order valence-corrected chi connectivity index (χ1v) is 6.13. The first kappa shape index (κ1) is 12.1. The summed E-state index contributed by atoms with van der Waals surface area (Å²) >= 11 is 0. The zero-order chi connectivity index (χ0) is 9.40. The summed E-state index contributed by atoms with van der Waals surface area (Å²) in [6.07, 6.45) is 0.994. The van der Waals surface area contributed by atoms with Gasteiger partial charge in [-0.15, -0.1) is 0 Å². The smallest absolute Gasteiger partial charge is 0.386 e. The van der Waals surface area contributed by atoms with Crippen molar-refractivity contribution in [1.82, 2.24) is 0 Å². The van der Waals surface area contributed by atoms with Crippen LogP contribution in [0.15, 0.2) is 0 Å². The Morgan fingerprint density at radius 1 is 1.17 bits per heavy atom. The van der Waals surface area contributed by atoms with E-state index in [-0.39, 0.29) is 6.04 Å². The minimum Gasteiger partial charge on any atom is -0.394 e. The number of hydrogen-bond donors (Lipinski definition) is 1. The highest BCUT2D eigenvalue weighted by Gasteiger charge is 2.17. The van der Waals surface area contributed by atoms with E-state index in [0.717, 1.165) is 25.7 Å². The Morgan fingerprint density at radius 3 is 2.00 bits per heavy atom. The highest BCUT2D eigenvalue weighted by Crippen LogP contribution is 2.03. The quantitative estimate of drug-likeness (QED) is 0.615. The molecule has 0 aromatic rings. The lowest BCUT2D eigenvalue weighted by Crippen LogP contribution is -2.32. The first-order chi connectivity index (χ1) is 5.74. The number of rotatable bonds is 7. The van der Waals surface area contributed by atoms with Gasteiger partial charge in [-0.3, -0.25) is 0 Å². The van der Waals surface area contributed by atoms with Crippen LogP contribution in [0.25, 0.3) is 0 Å². The van der Waals surface area contributed by atoms with Crippen molar-refractivity contribution >= 4 is 9.28 Å². The van der Waals surface area contributed by atoms with E-state index < -0.39 is 9.28 Å². The van der Waals surface area contributed by atoms with Gasteiger partial charge in [0.2, 0.25) is 0 Å². The molecule has 0 aromatic carbocycles. The standard InChI is InChI=1S/C8H20NO2Si/c1-4-8(9)7-12(10-5-2)11-6-3/h8H,4-7,9H2,1-3H3. The van der Waals surface area contributed by atoms with Gasteiger partial charge < -0.3 is 14.6 Å². The van der Waals surface area contributed by atoms with E-state index in [1.54, 1.807) is 0 Å². The van der Waals surface area contributed by atoms with E-state index in [0.29, 0.717) is 0 Å². The second-order valence-electron chi connectivity index (χ2n) is 2.61. The number of hydrogen-bond acceptors (Lipinski definition) is 3. The molecular formula is C8H20NO2Si. The van der Waals surface area contributed by atoms with Gasteiger partial charge in [0.1, 0.15) is 0 Å². The predicted octanol–water partition coefficient (Wildman–Crippen LogP) is 1.28. The first-order valence-electron chi connectivity index (χ1n) is 4.61. The molecule has 0 aliphatic heterocycles.